The van der Waals surface area contributed by atoms with Gasteiger partial charge in [-0.05, 0) is 30.6 Å². The van der Waals surface area contributed by atoms with Gasteiger partial charge < -0.3 is 10.1 Å². The van der Waals surface area contributed by atoms with Crippen molar-refractivity contribution in [3.05, 3.63) is 35.4 Å². The van der Waals surface area contributed by atoms with Crippen LogP contribution in [0.1, 0.15) is 17.5 Å². The largest absolute Gasteiger partial charge is 0.469 e. The van der Waals surface area contributed by atoms with Crippen molar-refractivity contribution >= 4 is 5.97 Å². The number of hydrogen-bond donors (Lipinski definition) is 1. The molecule has 0 amide bonds. The molecule has 0 spiro atoms. The highest BCUT2D eigenvalue weighted by Gasteiger charge is 2.12. The Hall–Kier alpha value is -1.39. The molecule has 1 aliphatic rings. The lowest BCUT2D eigenvalue weighted by Gasteiger charge is -2.21. The predicted octanol–water partition coefficient (Wildman–Crippen LogP) is 1.20. The number of benzene rings is 1. The minimum Gasteiger partial charge on any atom is -0.469 e. The van der Waals surface area contributed by atoms with Crippen molar-refractivity contribution in [1.29, 1.82) is 0 Å². The van der Waals surface area contributed by atoms with Crippen LogP contribution in [0.15, 0.2) is 24.3 Å². The molecule has 0 radical (unpaired) electrons. The van der Waals surface area contributed by atoms with E-state index >= 15 is 0 Å². The Bertz CT molecular complexity index is 412. The lowest BCUT2D eigenvalue weighted by atomic mass is 10.0. The Morgan fingerprint density at radius 2 is 2.05 bits per heavy atom. The molecule has 1 aliphatic heterocycles. The summed E-state index contributed by atoms with van der Waals surface area (Å²) >= 11 is 0. The molecule has 0 unspecified atom stereocenters. The second-order valence-electron chi connectivity index (χ2n) is 4.90. The van der Waals surface area contributed by atoms with Gasteiger partial charge in [0.1, 0.15) is 0 Å². The quantitative estimate of drug-likeness (QED) is 0.828. The number of hydrogen-bond acceptors (Lipinski definition) is 4. The summed E-state index contributed by atoms with van der Waals surface area (Å²) in [5, 5.41) is 3.40. The van der Waals surface area contributed by atoms with E-state index in [0.29, 0.717) is 6.42 Å². The highest BCUT2D eigenvalue weighted by molar-refractivity contribution is 5.72. The second-order valence-corrected chi connectivity index (χ2v) is 4.90. The topological polar surface area (TPSA) is 41.6 Å². The molecule has 0 aliphatic carbocycles. The van der Waals surface area contributed by atoms with Crippen molar-refractivity contribution < 1.29 is 9.53 Å². The molecule has 0 bridgehead atoms. The number of methoxy groups -OCH3 is 1. The minimum absolute atomic E-state index is 0.176. The lowest BCUT2D eigenvalue weighted by molar-refractivity contribution is -0.139. The van der Waals surface area contributed by atoms with Crippen LogP contribution in [0, 0.1) is 0 Å². The molecular formula is C15H22N2O2. The van der Waals surface area contributed by atoms with Crippen molar-refractivity contribution in [2.45, 2.75) is 19.4 Å². The maximum atomic E-state index is 11.4. The van der Waals surface area contributed by atoms with E-state index in [1.165, 1.54) is 19.1 Å². The fraction of sp³-hybridized carbons (Fsp3) is 0.533. The standard InChI is InChI=1S/C15H22N2O2/c1-19-15(18)11-13-5-2-3-6-14(13)12-17-9-4-7-16-8-10-17/h2-3,5-6,16H,4,7-12H2,1H3. The molecule has 4 nitrogen and oxygen atoms in total. The minimum atomic E-state index is -0.176. The van der Waals surface area contributed by atoms with E-state index in [4.69, 9.17) is 4.74 Å². The number of carbonyl (C=O) groups is 1. The van der Waals surface area contributed by atoms with Crippen molar-refractivity contribution in [1.82, 2.24) is 10.2 Å². The van der Waals surface area contributed by atoms with E-state index in [1.54, 1.807) is 0 Å². The molecular weight excluding hydrogens is 240 g/mol. The number of nitrogens with zero attached hydrogens (tertiary/aromatic N) is 1. The van der Waals surface area contributed by atoms with Crippen LogP contribution in [-0.4, -0.2) is 44.2 Å². The van der Waals surface area contributed by atoms with Crippen molar-refractivity contribution in [3.63, 3.8) is 0 Å². The smallest absolute Gasteiger partial charge is 0.309 e. The molecule has 4 heteroatoms. The van der Waals surface area contributed by atoms with E-state index in [1.807, 2.05) is 18.2 Å². The summed E-state index contributed by atoms with van der Waals surface area (Å²) in [6.45, 7) is 5.22. The van der Waals surface area contributed by atoms with E-state index in [-0.39, 0.29) is 5.97 Å². The van der Waals surface area contributed by atoms with Crippen LogP contribution in [0.4, 0.5) is 0 Å². The molecule has 19 heavy (non-hydrogen) atoms. The maximum Gasteiger partial charge on any atom is 0.309 e. The van der Waals surface area contributed by atoms with Crippen molar-refractivity contribution in [3.8, 4) is 0 Å². The zero-order valence-corrected chi connectivity index (χ0v) is 11.5. The summed E-state index contributed by atoms with van der Waals surface area (Å²) in [4.78, 5) is 13.9. The van der Waals surface area contributed by atoms with Gasteiger partial charge in [-0.2, -0.15) is 0 Å². The van der Waals surface area contributed by atoms with Crippen LogP contribution in [0.25, 0.3) is 0 Å². The van der Waals surface area contributed by atoms with Gasteiger partial charge in [-0.3, -0.25) is 9.69 Å². The first-order chi connectivity index (χ1) is 9.29. The van der Waals surface area contributed by atoms with Crippen molar-refractivity contribution in [2.75, 3.05) is 33.3 Å². The first kappa shape index (κ1) is 14.0. The van der Waals surface area contributed by atoms with Crippen LogP contribution in [0.5, 0.6) is 0 Å². The average Bonchev–Trinajstić information content (AvgIpc) is 2.69. The Labute approximate surface area is 114 Å². The van der Waals surface area contributed by atoms with Gasteiger partial charge >= 0.3 is 5.97 Å². The molecule has 1 heterocycles. The molecule has 1 aromatic carbocycles. The van der Waals surface area contributed by atoms with Crippen molar-refractivity contribution in [2.24, 2.45) is 0 Å². The van der Waals surface area contributed by atoms with Crippen LogP contribution in [0.3, 0.4) is 0 Å². The molecule has 1 N–H and O–H groups in total. The summed E-state index contributed by atoms with van der Waals surface area (Å²) < 4.78 is 4.76. The predicted molar refractivity (Wildman–Crippen MR) is 74.9 cm³/mol. The zero-order valence-electron chi connectivity index (χ0n) is 11.5. The summed E-state index contributed by atoms with van der Waals surface area (Å²) in [5.41, 5.74) is 2.31. The van der Waals surface area contributed by atoms with Crippen LogP contribution < -0.4 is 5.32 Å². The fourth-order valence-corrected chi connectivity index (χ4v) is 2.41. The van der Waals surface area contributed by atoms with E-state index in [0.717, 1.165) is 38.3 Å². The number of ether oxygens (including phenoxy) is 1. The summed E-state index contributed by atoms with van der Waals surface area (Å²) in [6, 6.07) is 8.14. The normalized spacial score (nSPS) is 16.9. The van der Waals surface area contributed by atoms with Gasteiger partial charge in [0.15, 0.2) is 0 Å². The molecule has 0 atom stereocenters. The van der Waals surface area contributed by atoms with Gasteiger partial charge in [0.05, 0.1) is 13.5 Å². The third-order valence-corrected chi connectivity index (χ3v) is 3.51. The summed E-state index contributed by atoms with van der Waals surface area (Å²) in [7, 11) is 1.44. The first-order valence-electron chi connectivity index (χ1n) is 6.86. The Morgan fingerprint density at radius 3 is 2.84 bits per heavy atom. The molecule has 1 saturated heterocycles. The van der Waals surface area contributed by atoms with E-state index in [2.05, 4.69) is 16.3 Å². The number of nitrogens with one attached hydrogen (secondary N) is 1. The highest BCUT2D eigenvalue weighted by atomic mass is 16.5. The van der Waals surface area contributed by atoms with Gasteiger partial charge in [-0.1, -0.05) is 24.3 Å². The molecule has 2 rings (SSSR count). The number of carbonyl (C=O) groups excluding carboxylic acids is 1. The van der Waals surface area contributed by atoms with Crippen LogP contribution in [0.2, 0.25) is 0 Å². The van der Waals surface area contributed by atoms with Gasteiger partial charge in [0.2, 0.25) is 0 Å². The maximum absolute atomic E-state index is 11.4. The number of esters is 1. The SMILES string of the molecule is COC(=O)Cc1ccccc1CN1CCCNCC1. The monoisotopic (exact) mass is 262 g/mol. The van der Waals surface area contributed by atoms with Crippen LogP contribution in [-0.2, 0) is 22.5 Å². The van der Waals surface area contributed by atoms with Gasteiger partial charge in [-0.15, -0.1) is 0 Å². The van der Waals surface area contributed by atoms with E-state index in [9.17, 15) is 4.79 Å². The van der Waals surface area contributed by atoms with Gasteiger partial charge in [0.25, 0.3) is 0 Å². The zero-order chi connectivity index (χ0) is 13.5. The molecule has 1 fully saturated rings. The van der Waals surface area contributed by atoms with E-state index < -0.39 is 0 Å². The first-order valence-corrected chi connectivity index (χ1v) is 6.86. The Kier molecular flexibility index (Phi) is 5.36. The van der Waals surface area contributed by atoms with Gasteiger partial charge in [-0.25, -0.2) is 0 Å². The fourth-order valence-electron chi connectivity index (χ4n) is 2.41. The molecule has 104 valence electrons. The summed E-state index contributed by atoms with van der Waals surface area (Å²) in [5.74, 6) is -0.176. The molecule has 0 saturated carbocycles. The molecule has 1 aromatic rings. The Morgan fingerprint density at radius 1 is 1.26 bits per heavy atom. The van der Waals surface area contributed by atoms with Crippen LogP contribution >= 0.6 is 0 Å². The third-order valence-electron chi connectivity index (χ3n) is 3.51. The highest BCUT2D eigenvalue weighted by Crippen LogP contribution is 2.13. The third kappa shape index (κ3) is 4.33. The number of rotatable bonds is 4. The average molecular weight is 262 g/mol. The Balaban J connectivity index is 2.03. The summed E-state index contributed by atoms with van der Waals surface area (Å²) in [6.07, 6.45) is 1.54. The lowest BCUT2D eigenvalue weighted by Crippen LogP contribution is -2.28. The second kappa shape index (κ2) is 7.26. The van der Waals surface area contributed by atoms with Gasteiger partial charge in [0, 0.05) is 19.6 Å². The molecule has 0 aromatic heterocycles.